The third kappa shape index (κ3) is 4.15. The number of para-hydroxylation sites is 1. The van der Waals surface area contributed by atoms with E-state index in [-0.39, 0.29) is 5.91 Å². The quantitative estimate of drug-likeness (QED) is 0.914. The highest BCUT2D eigenvalue weighted by molar-refractivity contribution is 7.99. The molecule has 0 aliphatic carbocycles. The van der Waals surface area contributed by atoms with Gasteiger partial charge in [0.25, 0.3) is 0 Å². The van der Waals surface area contributed by atoms with Crippen LogP contribution in [-0.2, 0) is 10.5 Å². The molecule has 2 aromatic carbocycles. The molecule has 0 radical (unpaired) electrons. The maximum absolute atomic E-state index is 11.8. The molecule has 0 saturated heterocycles. The van der Waals surface area contributed by atoms with Gasteiger partial charge in [-0.2, -0.15) is 5.26 Å². The molecule has 0 aliphatic heterocycles. The third-order valence-electron chi connectivity index (χ3n) is 2.67. The van der Waals surface area contributed by atoms with Gasteiger partial charge in [-0.25, -0.2) is 0 Å². The van der Waals surface area contributed by atoms with Crippen LogP contribution in [0.15, 0.2) is 54.6 Å². The number of carbonyl (C=O) groups is 1. The fraction of sp³-hybridized carbons (Fsp3) is 0.125. The Labute approximate surface area is 122 Å². The van der Waals surface area contributed by atoms with Crippen molar-refractivity contribution < 1.29 is 4.79 Å². The summed E-state index contributed by atoms with van der Waals surface area (Å²) in [4.78, 5) is 11.8. The summed E-state index contributed by atoms with van der Waals surface area (Å²) in [7, 11) is 0. The molecule has 0 fully saturated rings. The number of benzene rings is 2. The lowest BCUT2D eigenvalue weighted by Crippen LogP contribution is -2.15. The van der Waals surface area contributed by atoms with E-state index in [9.17, 15) is 4.79 Å². The number of carbonyl (C=O) groups excluding carboxylic acids is 1. The molecule has 100 valence electrons. The van der Waals surface area contributed by atoms with E-state index < -0.39 is 0 Å². The lowest BCUT2D eigenvalue weighted by Gasteiger charge is -2.06. The maximum Gasteiger partial charge on any atom is 0.234 e. The Bertz CT molecular complexity index is 620. The van der Waals surface area contributed by atoms with E-state index in [1.54, 1.807) is 36.0 Å². The normalized spacial score (nSPS) is 9.75. The first-order chi connectivity index (χ1) is 9.79. The zero-order valence-corrected chi connectivity index (χ0v) is 11.7. The molecule has 20 heavy (non-hydrogen) atoms. The average Bonchev–Trinajstić information content (AvgIpc) is 2.49. The Morgan fingerprint density at radius 1 is 1.10 bits per heavy atom. The molecule has 0 atom stereocenters. The van der Waals surface area contributed by atoms with Crippen LogP contribution in [0.4, 0.5) is 5.69 Å². The second-order valence-corrected chi connectivity index (χ2v) is 5.17. The van der Waals surface area contributed by atoms with Gasteiger partial charge in [-0.1, -0.05) is 42.5 Å². The molecule has 0 spiro atoms. The highest BCUT2D eigenvalue weighted by Crippen LogP contribution is 2.15. The van der Waals surface area contributed by atoms with Crippen LogP contribution in [0.2, 0.25) is 0 Å². The summed E-state index contributed by atoms with van der Waals surface area (Å²) in [5, 5.41) is 11.7. The van der Waals surface area contributed by atoms with Crippen LogP contribution in [-0.4, -0.2) is 11.7 Å². The minimum Gasteiger partial charge on any atom is -0.324 e. The van der Waals surface area contributed by atoms with Gasteiger partial charge in [0.15, 0.2) is 0 Å². The fourth-order valence-corrected chi connectivity index (χ4v) is 2.50. The molecule has 1 amide bonds. The molecule has 3 nitrogen and oxygen atoms in total. The zero-order chi connectivity index (χ0) is 14.2. The number of nitrogens with one attached hydrogen (secondary N) is 1. The van der Waals surface area contributed by atoms with Gasteiger partial charge in [0.05, 0.1) is 17.0 Å². The first kappa shape index (κ1) is 14.2. The summed E-state index contributed by atoms with van der Waals surface area (Å²) in [6.45, 7) is 0. The Hall–Kier alpha value is -2.25. The molecule has 2 rings (SSSR count). The number of rotatable bonds is 5. The minimum absolute atomic E-state index is 0.0892. The highest BCUT2D eigenvalue weighted by Gasteiger charge is 2.06. The Kier molecular flexibility index (Phi) is 5.22. The van der Waals surface area contributed by atoms with Gasteiger partial charge < -0.3 is 5.32 Å². The predicted molar refractivity (Wildman–Crippen MR) is 82.4 cm³/mol. The van der Waals surface area contributed by atoms with Gasteiger partial charge in [-0.05, 0) is 17.7 Å². The maximum atomic E-state index is 11.8. The lowest BCUT2D eigenvalue weighted by molar-refractivity contribution is -0.113. The highest BCUT2D eigenvalue weighted by atomic mass is 32.2. The molecule has 0 heterocycles. The SMILES string of the molecule is N#Cc1ccccc1NC(=O)CSCc1ccccc1. The Balaban J connectivity index is 1.83. The summed E-state index contributed by atoms with van der Waals surface area (Å²) >= 11 is 1.55. The molecular weight excluding hydrogens is 268 g/mol. The number of nitriles is 1. The van der Waals surface area contributed by atoms with E-state index in [2.05, 4.69) is 11.4 Å². The van der Waals surface area contributed by atoms with Crippen LogP contribution in [0.1, 0.15) is 11.1 Å². The summed E-state index contributed by atoms with van der Waals surface area (Å²) in [6, 6.07) is 19.1. The third-order valence-corrected chi connectivity index (χ3v) is 3.67. The second-order valence-electron chi connectivity index (χ2n) is 4.18. The Morgan fingerprint density at radius 2 is 1.80 bits per heavy atom. The van der Waals surface area contributed by atoms with E-state index in [4.69, 9.17) is 5.26 Å². The predicted octanol–water partition coefficient (Wildman–Crippen LogP) is 3.43. The number of thioether (sulfide) groups is 1. The van der Waals surface area contributed by atoms with Crippen molar-refractivity contribution in [1.82, 2.24) is 0 Å². The smallest absolute Gasteiger partial charge is 0.234 e. The van der Waals surface area contributed by atoms with Gasteiger partial charge in [-0.3, -0.25) is 4.79 Å². The minimum atomic E-state index is -0.0892. The summed E-state index contributed by atoms with van der Waals surface area (Å²) < 4.78 is 0. The molecule has 0 bridgehead atoms. The van der Waals surface area contributed by atoms with Crippen LogP contribution in [0, 0.1) is 11.3 Å². The molecule has 0 aliphatic rings. The van der Waals surface area contributed by atoms with E-state index in [0.29, 0.717) is 17.0 Å². The lowest BCUT2D eigenvalue weighted by atomic mass is 10.2. The molecule has 2 aromatic rings. The van der Waals surface area contributed by atoms with Crippen LogP contribution in [0.25, 0.3) is 0 Å². The van der Waals surface area contributed by atoms with E-state index in [1.165, 1.54) is 5.56 Å². The van der Waals surface area contributed by atoms with Gasteiger partial charge in [0, 0.05) is 5.75 Å². The standard InChI is InChI=1S/C16H14N2OS/c17-10-14-8-4-5-9-15(14)18-16(19)12-20-11-13-6-2-1-3-7-13/h1-9H,11-12H2,(H,18,19). The van der Waals surface area contributed by atoms with Crippen molar-refractivity contribution in [3.8, 4) is 6.07 Å². The Morgan fingerprint density at radius 3 is 2.55 bits per heavy atom. The zero-order valence-electron chi connectivity index (χ0n) is 10.9. The van der Waals surface area contributed by atoms with E-state index >= 15 is 0 Å². The molecular formula is C16H14N2OS. The van der Waals surface area contributed by atoms with Crippen molar-refractivity contribution in [2.24, 2.45) is 0 Å². The second kappa shape index (κ2) is 7.37. The molecule has 1 N–H and O–H groups in total. The fourth-order valence-electron chi connectivity index (χ4n) is 1.71. The van der Waals surface area contributed by atoms with Crippen molar-refractivity contribution in [2.75, 3.05) is 11.1 Å². The van der Waals surface area contributed by atoms with E-state index in [0.717, 1.165) is 5.75 Å². The molecule has 0 saturated carbocycles. The van der Waals surface area contributed by atoms with Crippen LogP contribution >= 0.6 is 11.8 Å². The summed E-state index contributed by atoms with van der Waals surface area (Å²) in [5.74, 6) is 1.08. The van der Waals surface area contributed by atoms with Crippen LogP contribution < -0.4 is 5.32 Å². The number of hydrogen-bond acceptors (Lipinski definition) is 3. The number of hydrogen-bond donors (Lipinski definition) is 1. The molecule has 0 unspecified atom stereocenters. The average molecular weight is 282 g/mol. The monoisotopic (exact) mass is 282 g/mol. The number of nitrogens with zero attached hydrogens (tertiary/aromatic N) is 1. The van der Waals surface area contributed by atoms with Crippen molar-refractivity contribution in [3.05, 3.63) is 65.7 Å². The van der Waals surface area contributed by atoms with Crippen molar-refractivity contribution in [3.63, 3.8) is 0 Å². The van der Waals surface area contributed by atoms with Crippen molar-refractivity contribution >= 4 is 23.4 Å². The van der Waals surface area contributed by atoms with Gasteiger partial charge in [-0.15, -0.1) is 11.8 Å². The van der Waals surface area contributed by atoms with Gasteiger partial charge in [0.1, 0.15) is 6.07 Å². The number of amides is 1. The number of anilines is 1. The van der Waals surface area contributed by atoms with E-state index in [1.807, 2.05) is 30.3 Å². The van der Waals surface area contributed by atoms with Gasteiger partial charge >= 0.3 is 0 Å². The van der Waals surface area contributed by atoms with Crippen LogP contribution in [0.3, 0.4) is 0 Å². The van der Waals surface area contributed by atoms with Crippen molar-refractivity contribution in [2.45, 2.75) is 5.75 Å². The topological polar surface area (TPSA) is 52.9 Å². The first-order valence-corrected chi connectivity index (χ1v) is 7.35. The first-order valence-electron chi connectivity index (χ1n) is 6.20. The summed E-state index contributed by atoms with van der Waals surface area (Å²) in [5.41, 5.74) is 2.25. The largest absolute Gasteiger partial charge is 0.324 e. The van der Waals surface area contributed by atoms with Crippen LogP contribution in [0.5, 0.6) is 0 Å². The summed E-state index contributed by atoms with van der Waals surface area (Å²) in [6.07, 6.45) is 0. The molecule has 4 heteroatoms. The van der Waals surface area contributed by atoms with Gasteiger partial charge in [0.2, 0.25) is 5.91 Å². The van der Waals surface area contributed by atoms with Crippen molar-refractivity contribution in [1.29, 1.82) is 5.26 Å². The molecule has 0 aromatic heterocycles.